The number of carbonyl (C=O) groups excluding carboxylic acids is 1. The van der Waals surface area contributed by atoms with Crippen molar-refractivity contribution in [3.8, 4) is 5.75 Å². The van der Waals surface area contributed by atoms with Gasteiger partial charge in [0.15, 0.2) is 0 Å². The van der Waals surface area contributed by atoms with Gasteiger partial charge in [-0.15, -0.1) is 0 Å². The number of ether oxygens (including phenoxy) is 1. The molecule has 1 heterocycles. The second-order valence-corrected chi connectivity index (χ2v) is 9.01. The van der Waals surface area contributed by atoms with Crippen molar-refractivity contribution in [2.24, 2.45) is 5.92 Å². The molecule has 156 valence electrons. The average Bonchev–Trinajstić information content (AvgIpc) is 2.74. The molecule has 3 rings (SSSR count). The van der Waals surface area contributed by atoms with E-state index in [0.717, 1.165) is 19.3 Å². The standard InChI is InChI=1S/C22H28N2O4S/c1-2-28-20-8-10-21(11-9-20)29(26,27)23-17-22(25)24-14-12-19(13-15-24)16-18-6-4-3-5-7-18/h3-11,19,23H,2,12-17H2,1H3. The number of hydrogen-bond donors (Lipinski definition) is 1. The summed E-state index contributed by atoms with van der Waals surface area (Å²) in [6.07, 6.45) is 2.89. The van der Waals surface area contributed by atoms with Gasteiger partial charge in [0, 0.05) is 13.1 Å². The van der Waals surface area contributed by atoms with Crippen LogP contribution in [0, 0.1) is 5.92 Å². The van der Waals surface area contributed by atoms with E-state index in [0.29, 0.717) is 31.4 Å². The summed E-state index contributed by atoms with van der Waals surface area (Å²) in [6.45, 7) is 3.49. The molecule has 0 aromatic heterocycles. The molecule has 6 nitrogen and oxygen atoms in total. The van der Waals surface area contributed by atoms with Crippen molar-refractivity contribution in [3.05, 3.63) is 60.2 Å². The number of benzene rings is 2. The molecule has 1 saturated heterocycles. The summed E-state index contributed by atoms with van der Waals surface area (Å²) < 4.78 is 32.6. The lowest BCUT2D eigenvalue weighted by Gasteiger charge is -2.32. The van der Waals surface area contributed by atoms with E-state index in [-0.39, 0.29) is 17.3 Å². The maximum absolute atomic E-state index is 12.5. The first-order chi connectivity index (χ1) is 14.0. The summed E-state index contributed by atoms with van der Waals surface area (Å²) in [5.74, 6) is 0.987. The molecule has 1 fully saturated rings. The van der Waals surface area contributed by atoms with Crippen molar-refractivity contribution >= 4 is 15.9 Å². The summed E-state index contributed by atoms with van der Waals surface area (Å²) in [7, 11) is -3.73. The smallest absolute Gasteiger partial charge is 0.241 e. The van der Waals surface area contributed by atoms with Gasteiger partial charge in [-0.05, 0) is 61.9 Å². The summed E-state index contributed by atoms with van der Waals surface area (Å²) >= 11 is 0. The van der Waals surface area contributed by atoms with Crippen LogP contribution >= 0.6 is 0 Å². The fourth-order valence-electron chi connectivity index (χ4n) is 3.57. The molecule has 0 spiro atoms. The fourth-order valence-corrected chi connectivity index (χ4v) is 4.54. The van der Waals surface area contributed by atoms with Crippen LogP contribution in [-0.4, -0.2) is 45.5 Å². The van der Waals surface area contributed by atoms with Crippen molar-refractivity contribution in [1.82, 2.24) is 9.62 Å². The second kappa shape index (κ2) is 9.89. The van der Waals surface area contributed by atoms with Crippen molar-refractivity contribution < 1.29 is 17.9 Å². The highest BCUT2D eigenvalue weighted by atomic mass is 32.2. The molecule has 1 aliphatic rings. The summed E-state index contributed by atoms with van der Waals surface area (Å²) in [5.41, 5.74) is 1.32. The minimum absolute atomic E-state index is 0.121. The van der Waals surface area contributed by atoms with Crippen LogP contribution < -0.4 is 9.46 Å². The third-order valence-electron chi connectivity index (χ3n) is 5.19. The molecule has 29 heavy (non-hydrogen) atoms. The summed E-state index contributed by atoms with van der Waals surface area (Å²) in [6, 6.07) is 16.5. The number of rotatable bonds is 8. The van der Waals surface area contributed by atoms with Crippen molar-refractivity contribution in [3.63, 3.8) is 0 Å². The van der Waals surface area contributed by atoms with Crippen LogP contribution in [0.25, 0.3) is 0 Å². The number of hydrogen-bond acceptors (Lipinski definition) is 4. The molecule has 2 aromatic carbocycles. The number of sulfonamides is 1. The molecular weight excluding hydrogens is 388 g/mol. The van der Waals surface area contributed by atoms with Crippen molar-refractivity contribution in [2.45, 2.75) is 31.1 Å². The van der Waals surface area contributed by atoms with Gasteiger partial charge in [-0.25, -0.2) is 13.1 Å². The van der Waals surface area contributed by atoms with Crippen LogP contribution in [0.15, 0.2) is 59.5 Å². The number of likely N-dealkylation sites (tertiary alicyclic amines) is 1. The SMILES string of the molecule is CCOc1ccc(S(=O)(=O)NCC(=O)N2CCC(Cc3ccccc3)CC2)cc1. The number of nitrogens with one attached hydrogen (secondary N) is 1. The van der Waals surface area contributed by atoms with E-state index >= 15 is 0 Å². The third kappa shape index (κ3) is 6.05. The Kier molecular flexibility index (Phi) is 7.28. The van der Waals surface area contributed by atoms with Crippen LogP contribution in [0.3, 0.4) is 0 Å². The van der Waals surface area contributed by atoms with Gasteiger partial charge in [-0.2, -0.15) is 0 Å². The average molecular weight is 417 g/mol. The number of carbonyl (C=O) groups is 1. The predicted octanol–water partition coefficient (Wildman–Crippen LogP) is 2.84. The molecule has 0 bridgehead atoms. The van der Waals surface area contributed by atoms with Crippen molar-refractivity contribution in [2.75, 3.05) is 26.2 Å². The second-order valence-electron chi connectivity index (χ2n) is 7.24. The van der Waals surface area contributed by atoms with Gasteiger partial charge in [-0.1, -0.05) is 30.3 Å². The Bertz CT molecular complexity index is 890. The Balaban J connectivity index is 1.47. The molecule has 0 radical (unpaired) electrons. The van der Waals surface area contributed by atoms with E-state index in [4.69, 9.17) is 4.74 Å². The van der Waals surface area contributed by atoms with Gasteiger partial charge < -0.3 is 9.64 Å². The molecule has 1 aliphatic heterocycles. The van der Waals surface area contributed by atoms with Gasteiger partial charge >= 0.3 is 0 Å². The predicted molar refractivity (Wildman–Crippen MR) is 112 cm³/mol. The highest BCUT2D eigenvalue weighted by Crippen LogP contribution is 2.22. The zero-order valence-electron chi connectivity index (χ0n) is 16.7. The van der Waals surface area contributed by atoms with Crippen molar-refractivity contribution in [1.29, 1.82) is 0 Å². The molecule has 0 atom stereocenters. The maximum Gasteiger partial charge on any atom is 0.241 e. The number of piperidine rings is 1. The molecular formula is C22H28N2O4S. The zero-order chi connectivity index (χ0) is 20.7. The lowest BCUT2D eigenvalue weighted by Crippen LogP contribution is -2.44. The first-order valence-electron chi connectivity index (χ1n) is 10.0. The van der Waals surface area contributed by atoms with Crippen LogP contribution in [-0.2, 0) is 21.2 Å². The number of nitrogens with zero attached hydrogens (tertiary/aromatic N) is 1. The Labute approximate surface area is 172 Å². The van der Waals surface area contributed by atoms with E-state index in [1.54, 1.807) is 17.0 Å². The first kappa shape index (κ1) is 21.3. The Morgan fingerprint density at radius 2 is 1.72 bits per heavy atom. The van der Waals surface area contributed by atoms with Crippen LogP contribution in [0.1, 0.15) is 25.3 Å². The molecule has 0 saturated carbocycles. The minimum Gasteiger partial charge on any atom is -0.494 e. The van der Waals surface area contributed by atoms with E-state index in [9.17, 15) is 13.2 Å². The minimum atomic E-state index is -3.73. The molecule has 1 N–H and O–H groups in total. The maximum atomic E-state index is 12.5. The Morgan fingerprint density at radius 3 is 2.34 bits per heavy atom. The van der Waals surface area contributed by atoms with Gasteiger partial charge in [0.05, 0.1) is 18.0 Å². The van der Waals surface area contributed by atoms with Gasteiger partial charge in [0.1, 0.15) is 5.75 Å². The zero-order valence-corrected chi connectivity index (χ0v) is 17.5. The monoisotopic (exact) mass is 416 g/mol. The third-order valence-corrected chi connectivity index (χ3v) is 6.61. The first-order valence-corrected chi connectivity index (χ1v) is 11.5. The fraction of sp³-hybridized carbons (Fsp3) is 0.409. The topological polar surface area (TPSA) is 75.7 Å². The van der Waals surface area contributed by atoms with Crippen LogP contribution in [0.5, 0.6) is 5.75 Å². The Morgan fingerprint density at radius 1 is 1.07 bits per heavy atom. The molecule has 1 amide bonds. The van der Waals surface area contributed by atoms with Gasteiger partial charge in [0.2, 0.25) is 15.9 Å². The summed E-state index contributed by atoms with van der Waals surface area (Å²) in [4.78, 5) is 14.3. The molecule has 2 aromatic rings. The highest BCUT2D eigenvalue weighted by Gasteiger charge is 2.24. The van der Waals surface area contributed by atoms with E-state index < -0.39 is 10.0 Å². The van der Waals surface area contributed by atoms with Gasteiger partial charge in [0.25, 0.3) is 0 Å². The summed E-state index contributed by atoms with van der Waals surface area (Å²) in [5, 5.41) is 0. The molecule has 0 aliphatic carbocycles. The molecule has 7 heteroatoms. The number of amides is 1. The molecule has 0 unspecified atom stereocenters. The lowest BCUT2D eigenvalue weighted by molar-refractivity contribution is -0.131. The van der Waals surface area contributed by atoms with Gasteiger partial charge in [-0.3, -0.25) is 4.79 Å². The van der Waals surface area contributed by atoms with Crippen LogP contribution in [0.4, 0.5) is 0 Å². The quantitative estimate of drug-likeness (QED) is 0.718. The largest absolute Gasteiger partial charge is 0.494 e. The van der Waals surface area contributed by atoms with E-state index in [1.165, 1.54) is 17.7 Å². The normalized spacial score (nSPS) is 15.3. The highest BCUT2D eigenvalue weighted by molar-refractivity contribution is 7.89. The van der Waals surface area contributed by atoms with Crippen LogP contribution in [0.2, 0.25) is 0 Å². The van der Waals surface area contributed by atoms with E-state index in [1.807, 2.05) is 25.1 Å². The Hall–Kier alpha value is -2.38. The van der Waals surface area contributed by atoms with E-state index in [2.05, 4.69) is 16.9 Å². The lowest BCUT2D eigenvalue weighted by atomic mass is 9.90.